The summed E-state index contributed by atoms with van der Waals surface area (Å²) in [7, 11) is 0. The van der Waals surface area contributed by atoms with Crippen LogP contribution < -0.4 is 5.32 Å². The van der Waals surface area contributed by atoms with E-state index in [-0.39, 0.29) is 23.2 Å². The summed E-state index contributed by atoms with van der Waals surface area (Å²) in [6.07, 6.45) is 2.71. The number of carbonyl (C=O) groups is 2. The number of aliphatic carboxylic acids is 1. The maximum Gasteiger partial charge on any atom is 0.328 e. The third-order valence-electron chi connectivity index (χ3n) is 3.74. The van der Waals surface area contributed by atoms with Crippen LogP contribution in [0.25, 0.3) is 0 Å². The molecule has 27 heavy (non-hydrogen) atoms. The van der Waals surface area contributed by atoms with Gasteiger partial charge in [0.05, 0.1) is 6.54 Å². The lowest BCUT2D eigenvalue weighted by Crippen LogP contribution is -2.24. The van der Waals surface area contributed by atoms with E-state index in [2.05, 4.69) is 20.5 Å². The fraction of sp³-hybridized carbons (Fsp3) is 0.188. The lowest BCUT2D eigenvalue weighted by molar-refractivity contribution is -0.140. The average Bonchev–Trinajstić information content (AvgIpc) is 3.26. The van der Waals surface area contributed by atoms with Gasteiger partial charge in [0.25, 0.3) is 5.91 Å². The van der Waals surface area contributed by atoms with Crippen LogP contribution >= 0.6 is 11.6 Å². The molecule has 1 aromatic carbocycles. The Labute approximate surface area is 157 Å². The molecule has 0 aliphatic carbocycles. The van der Waals surface area contributed by atoms with E-state index in [4.69, 9.17) is 16.7 Å². The topological polar surface area (TPSA) is 115 Å². The van der Waals surface area contributed by atoms with E-state index in [0.29, 0.717) is 5.56 Å². The van der Waals surface area contributed by atoms with Crippen molar-refractivity contribution in [3.8, 4) is 0 Å². The number of amides is 1. The van der Waals surface area contributed by atoms with Crippen LogP contribution in [0.5, 0.6) is 0 Å². The highest BCUT2D eigenvalue weighted by Crippen LogP contribution is 2.18. The van der Waals surface area contributed by atoms with E-state index >= 15 is 0 Å². The molecule has 1 unspecified atom stereocenters. The molecule has 0 aliphatic rings. The van der Waals surface area contributed by atoms with Crippen LogP contribution in [0.1, 0.15) is 29.0 Å². The van der Waals surface area contributed by atoms with E-state index in [1.807, 2.05) is 0 Å². The van der Waals surface area contributed by atoms with Crippen LogP contribution in [-0.2, 0) is 11.3 Å². The van der Waals surface area contributed by atoms with Crippen molar-refractivity contribution in [3.63, 3.8) is 0 Å². The number of aromatic nitrogens is 5. The molecule has 1 atom stereocenters. The van der Waals surface area contributed by atoms with Crippen molar-refractivity contribution in [2.45, 2.75) is 19.5 Å². The van der Waals surface area contributed by atoms with Crippen LogP contribution in [0.3, 0.4) is 0 Å². The molecular formula is C16H14ClFN6O3. The smallest absolute Gasteiger partial charge is 0.328 e. The Bertz CT molecular complexity index is 1000. The van der Waals surface area contributed by atoms with Crippen molar-refractivity contribution in [2.24, 2.45) is 0 Å². The molecule has 140 valence electrons. The van der Waals surface area contributed by atoms with Gasteiger partial charge < -0.3 is 5.11 Å². The predicted octanol–water partition coefficient (Wildman–Crippen LogP) is 2.21. The minimum atomic E-state index is -1.12. The van der Waals surface area contributed by atoms with Gasteiger partial charge in [0.1, 0.15) is 23.9 Å². The SMILES string of the molecule is CC(C(=O)O)n1nccc1C(=O)Nc1ncn(Cc2ccc(F)cc2Cl)n1. The van der Waals surface area contributed by atoms with Crippen LogP contribution in [0.15, 0.2) is 36.8 Å². The maximum atomic E-state index is 13.1. The molecule has 0 saturated carbocycles. The van der Waals surface area contributed by atoms with Gasteiger partial charge in [0.15, 0.2) is 0 Å². The summed E-state index contributed by atoms with van der Waals surface area (Å²) < 4.78 is 15.6. The molecule has 2 heterocycles. The average molecular weight is 393 g/mol. The number of benzene rings is 1. The van der Waals surface area contributed by atoms with E-state index < -0.39 is 23.7 Å². The van der Waals surface area contributed by atoms with E-state index in [1.54, 1.807) is 0 Å². The number of carbonyl (C=O) groups excluding carboxylic acids is 1. The number of carboxylic acids is 1. The first-order valence-corrected chi connectivity index (χ1v) is 8.14. The summed E-state index contributed by atoms with van der Waals surface area (Å²) in [4.78, 5) is 27.4. The summed E-state index contributed by atoms with van der Waals surface area (Å²) >= 11 is 5.98. The molecule has 3 aromatic rings. The van der Waals surface area contributed by atoms with Gasteiger partial charge in [-0.1, -0.05) is 17.7 Å². The minimum absolute atomic E-state index is 0.0222. The standard InChI is InChI=1S/C16H14ClFN6O3/c1-9(15(26)27)24-13(4-5-20-24)14(25)21-16-19-8-23(22-16)7-10-2-3-11(18)6-12(10)17/h2-6,8-9H,7H2,1H3,(H,26,27)(H,21,22,25). The van der Waals surface area contributed by atoms with Crippen molar-refractivity contribution in [1.82, 2.24) is 24.5 Å². The van der Waals surface area contributed by atoms with Crippen molar-refractivity contribution in [3.05, 3.63) is 58.9 Å². The van der Waals surface area contributed by atoms with Gasteiger partial charge in [0.2, 0.25) is 5.95 Å². The number of nitrogens with one attached hydrogen (secondary N) is 1. The molecule has 3 rings (SSSR count). The largest absolute Gasteiger partial charge is 0.480 e. The number of hydrogen-bond donors (Lipinski definition) is 2. The fourth-order valence-electron chi connectivity index (χ4n) is 2.33. The second-order valence-electron chi connectivity index (χ2n) is 5.63. The number of halogens is 2. The summed E-state index contributed by atoms with van der Waals surface area (Å²) in [5.41, 5.74) is 0.692. The minimum Gasteiger partial charge on any atom is -0.480 e. The second-order valence-corrected chi connectivity index (χ2v) is 6.04. The molecule has 9 nitrogen and oxygen atoms in total. The van der Waals surface area contributed by atoms with Gasteiger partial charge in [-0.2, -0.15) is 5.10 Å². The monoisotopic (exact) mass is 392 g/mol. The van der Waals surface area contributed by atoms with Gasteiger partial charge in [-0.3, -0.25) is 10.1 Å². The van der Waals surface area contributed by atoms with Crippen molar-refractivity contribution < 1.29 is 19.1 Å². The number of hydrogen-bond acceptors (Lipinski definition) is 5. The van der Waals surface area contributed by atoms with Crippen molar-refractivity contribution in [2.75, 3.05) is 5.32 Å². The van der Waals surface area contributed by atoms with Crippen molar-refractivity contribution >= 4 is 29.4 Å². The maximum absolute atomic E-state index is 13.1. The fourth-order valence-corrected chi connectivity index (χ4v) is 2.55. The Balaban J connectivity index is 1.72. The molecule has 2 aromatic heterocycles. The summed E-state index contributed by atoms with van der Waals surface area (Å²) in [6.45, 7) is 1.64. The molecule has 0 spiro atoms. The van der Waals surface area contributed by atoms with Crippen molar-refractivity contribution in [1.29, 1.82) is 0 Å². The molecule has 0 radical (unpaired) electrons. The first kappa shape index (κ1) is 18.5. The zero-order chi connectivity index (χ0) is 19.6. The van der Waals surface area contributed by atoms with Crippen LogP contribution in [-0.4, -0.2) is 41.5 Å². The van der Waals surface area contributed by atoms with Crippen LogP contribution in [0.4, 0.5) is 10.3 Å². The quantitative estimate of drug-likeness (QED) is 0.664. The Morgan fingerprint density at radius 2 is 2.15 bits per heavy atom. The van der Waals surface area contributed by atoms with Gasteiger partial charge in [-0.25, -0.2) is 23.5 Å². The number of anilines is 1. The Morgan fingerprint density at radius 1 is 1.37 bits per heavy atom. The Hall–Kier alpha value is -3.27. The molecule has 0 bridgehead atoms. The second kappa shape index (κ2) is 7.54. The molecule has 2 N–H and O–H groups in total. The van der Waals surface area contributed by atoms with Gasteiger partial charge in [-0.15, -0.1) is 5.10 Å². The van der Waals surface area contributed by atoms with Crippen LogP contribution in [0.2, 0.25) is 5.02 Å². The molecular weight excluding hydrogens is 379 g/mol. The first-order chi connectivity index (χ1) is 12.8. The van der Waals surface area contributed by atoms with E-state index in [9.17, 15) is 14.0 Å². The Morgan fingerprint density at radius 3 is 2.85 bits per heavy atom. The molecule has 1 amide bonds. The van der Waals surface area contributed by atoms with E-state index in [0.717, 1.165) is 4.68 Å². The summed E-state index contributed by atoms with van der Waals surface area (Å²) in [5, 5.41) is 19.8. The third kappa shape index (κ3) is 4.11. The molecule has 0 aliphatic heterocycles. The molecule has 0 saturated heterocycles. The Kier molecular flexibility index (Phi) is 5.17. The number of carboxylic acid groups (broad SMARTS) is 1. The van der Waals surface area contributed by atoms with Gasteiger partial charge in [-0.05, 0) is 30.7 Å². The third-order valence-corrected chi connectivity index (χ3v) is 4.09. The van der Waals surface area contributed by atoms with E-state index in [1.165, 1.54) is 48.4 Å². The normalized spacial score (nSPS) is 12.0. The van der Waals surface area contributed by atoms with Gasteiger partial charge >= 0.3 is 5.97 Å². The molecule has 0 fully saturated rings. The molecule has 11 heteroatoms. The summed E-state index contributed by atoms with van der Waals surface area (Å²) in [5.74, 6) is -2.14. The predicted molar refractivity (Wildman–Crippen MR) is 93.1 cm³/mol. The number of nitrogens with zero attached hydrogens (tertiary/aromatic N) is 5. The summed E-state index contributed by atoms with van der Waals surface area (Å²) in [6, 6.07) is 4.40. The zero-order valence-corrected chi connectivity index (χ0v) is 14.8. The number of rotatable bonds is 6. The van der Waals surface area contributed by atoms with Crippen LogP contribution in [0, 0.1) is 5.82 Å². The first-order valence-electron chi connectivity index (χ1n) is 7.76. The highest BCUT2D eigenvalue weighted by molar-refractivity contribution is 6.31. The highest BCUT2D eigenvalue weighted by Gasteiger charge is 2.21. The lowest BCUT2D eigenvalue weighted by atomic mass is 10.2. The highest BCUT2D eigenvalue weighted by atomic mass is 35.5. The lowest BCUT2D eigenvalue weighted by Gasteiger charge is -2.10. The van der Waals surface area contributed by atoms with Gasteiger partial charge in [0, 0.05) is 11.2 Å². The zero-order valence-electron chi connectivity index (χ0n) is 14.0.